The number of hydrogen-bond acceptors (Lipinski definition) is 21. The SMILES string of the molecule is C=CC1OC(/C=C/c2ccccc2)C2C(=O)N(CCNC(=O)NC(N)=NCc3ccccc3)C(=O)C12.C=CC1OC(/C=C/c2ccccc2)C2C(=O)N(CCNC(=O)NC(N)=Nc3ccccc3)C(=O)C12.C=CC1OC(/C=C/c2ccccc2)C2C(=O)N(CCNC(=O)NC(N)=Nc3ncccn3)C(=O)C12.C=CC1OC(/C=C/c2ccccc2)C2C(=O)N(CCNC(=S)N=C(N)Nc3ccccc3)C(=O)C12. The summed E-state index contributed by atoms with van der Waals surface area (Å²) in [5.74, 6) is -7.53. The summed E-state index contributed by atoms with van der Waals surface area (Å²) in [6, 6.07) is 66.2. The lowest BCUT2D eigenvalue weighted by Crippen LogP contribution is -2.46. The van der Waals surface area contributed by atoms with Crippen LogP contribution in [0.15, 0.2) is 326 Å². The first-order valence-corrected chi connectivity index (χ1v) is 45.7. The van der Waals surface area contributed by atoms with E-state index in [1.54, 1.807) is 60.7 Å². The fourth-order valence-electron chi connectivity index (χ4n) is 17.1. The predicted molar refractivity (Wildman–Crippen MR) is 537 cm³/mol. The van der Waals surface area contributed by atoms with Crippen LogP contribution in [0.4, 0.5) is 31.7 Å². The third kappa shape index (κ3) is 26.8. The van der Waals surface area contributed by atoms with Crippen molar-refractivity contribution in [3.8, 4) is 0 Å². The van der Waals surface area contributed by atoms with Crippen LogP contribution in [0, 0.1) is 47.3 Å². The maximum Gasteiger partial charge on any atom is 0.321 e. The number of hydrogen-bond donors (Lipinski definition) is 12. The Morgan fingerprint density at radius 1 is 0.348 bits per heavy atom. The van der Waals surface area contributed by atoms with Gasteiger partial charge in [-0.25, -0.2) is 34.3 Å². The van der Waals surface area contributed by atoms with Gasteiger partial charge in [-0.2, -0.15) is 9.98 Å². The van der Waals surface area contributed by atoms with E-state index in [1.165, 1.54) is 27.1 Å². The third-order valence-corrected chi connectivity index (χ3v) is 23.8. The van der Waals surface area contributed by atoms with Crippen LogP contribution >= 0.6 is 12.2 Å². The number of thiocarbonyl (C=S) groups is 1. The highest BCUT2D eigenvalue weighted by Gasteiger charge is 2.62. The van der Waals surface area contributed by atoms with Gasteiger partial charge in [0.2, 0.25) is 65.1 Å². The van der Waals surface area contributed by atoms with Gasteiger partial charge in [0.1, 0.15) is 0 Å². The van der Waals surface area contributed by atoms with E-state index in [-0.39, 0.29) is 135 Å². The highest BCUT2D eigenvalue weighted by Crippen LogP contribution is 2.46. The number of likely N-dealkylation sites (tertiary alicyclic amines) is 4. The molecule has 16 N–H and O–H groups in total. The summed E-state index contributed by atoms with van der Waals surface area (Å²) in [5, 5.41) is 21.0. The number of aromatic nitrogens is 2. The van der Waals surface area contributed by atoms with Gasteiger partial charge in [-0.3, -0.25) is 73.9 Å². The number of benzene rings is 7. The standard InChI is InChI=1S/C27H29N5O4.C26H27N5O4.C26H27N5O3S.C24H25N7O4/c1-2-20-22-23(21(36-20)14-13-18-9-5-3-6-10-18)25(34)32(24(22)33)16-15-29-27(35)31-26(28)30-17-19-11-7-4-8-12-19;1-2-19-21-22(20(35-19)14-13-17-9-5-3-6-10-17)24(33)31(23(21)32)16-15-28-26(34)30-25(27)29-18-11-7-4-8-12-18;1-2-19-21-22(20(34-19)14-13-17-9-5-3-6-10-17)24(33)31(23(21)32)16-15-28-26(35)30-25(27)29-18-11-7-4-8-12-18;1-2-16-18-19(17(35-16)10-9-15-7-4-3-5-8-15)21(33)31(20(18)32)14-13-28-24(34)30-22(25)29-23-26-11-6-12-27-23/h2-14,20-23H,1,15-17H2,(H4,28,29,30,31,35);2-14,19-22H,1,15-16H2,(H4,27,28,29,30,34);2-14,19-22H,1,15-16H2,(H4,27,28,29,30,35);2-12,16-19H,1,13-14H2,(H4,25,26,27,28,29,30,34)/b3*14-13+;10-9+. The number of urea groups is 3. The molecule has 8 saturated heterocycles. The molecule has 14 amide bonds. The van der Waals surface area contributed by atoms with Crippen molar-refractivity contribution in [3.63, 3.8) is 0 Å². The fraction of sp³-hybridized carbons (Fsp3) is 0.243. The zero-order valence-corrected chi connectivity index (χ0v) is 77.4. The van der Waals surface area contributed by atoms with Crippen molar-refractivity contribution in [3.05, 3.63) is 334 Å². The molecular formula is C103H108N22O15S. The minimum Gasteiger partial charge on any atom is -0.370 e. The molecule has 0 radical (unpaired) electrons. The number of para-hydroxylation sites is 2. The molecule has 16 atom stereocenters. The number of rotatable bonds is 29. The molecule has 8 aliphatic heterocycles. The monoisotopic (exact) mass is 1920 g/mol. The number of nitrogens with two attached hydrogens (primary N) is 4. The Bertz CT molecular complexity index is 5910. The second kappa shape index (κ2) is 49.9. The molecule has 37 nitrogen and oxygen atoms in total. The number of nitrogens with one attached hydrogen (secondary N) is 8. The van der Waals surface area contributed by atoms with E-state index in [2.05, 4.69) is 98.8 Å². The third-order valence-electron chi connectivity index (χ3n) is 23.6. The number of carbonyl (C=O) groups is 11. The summed E-state index contributed by atoms with van der Waals surface area (Å²) in [4.78, 5) is 170. The van der Waals surface area contributed by atoms with Gasteiger partial charge >= 0.3 is 18.1 Å². The molecule has 8 fully saturated rings. The van der Waals surface area contributed by atoms with E-state index in [1.807, 2.05) is 231 Å². The Hall–Kier alpha value is -16.7. The van der Waals surface area contributed by atoms with Crippen molar-refractivity contribution >= 4 is 148 Å². The largest absolute Gasteiger partial charge is 0.370 e. The highest BCUT2D eigenvalue weighted by atomic mass is 32.1. The molecule has 8 aromatic rings. The van der Waals surface area contributed by atoms with E-state index < -0.39 is 114 Å². The van der Waals surface area contributed by atoms with Gasteiger partial charge in [0.05, 0.1) is 108 Å². The van der Waals surface area contributed by atoms with Crippen molar-refractivity contribution in [2.45, 2.75) is 55.4 Å². The molecule has 0 bridgehead atoms. The second-order valence-corrected chi connectivity index (χ2v) is 33.1. The summed E-state index contributed by atoms with van der Waals surface area (Å²) in [7, 11) is 0. The quantitative estimate of drug-likeness (QED) is 0.00698. The van der Waals surface area contributed by atoms with Crippen molar-refractivity contribution in [2.75, 3.05) is 57.7 Å². The molecule has 0 spiro atoms. The van der Waals surface area contributed by atoms with E-state index >= 15 is 0 Å². The minimum atomic E-state index is -0.645. The number of ether oxygens (including phenoxy) is 4. The van der Waals surface area contributed by atoms with Crippen molar-refractivity contribution in [2.24, 2.45) is 90.2 Å². The Morgan fingerprint density at radius 2 is 0.624 bits per heavy atom. The Morgan fingerprint density at radius 3 is 0.943 bits per heavy atom. The maximum absolute atomic E-state index is 13.2. The number of fused-ring (bicyclic) bond motifs is 4. The smallest absolute Gasteiger partial charge is 0.321 e. The van der Waals surface area contributed by atoms with Crippen LogP contribution in [0.1, 0.15) is 27.8 Å². The zero-order valence-electron chi connectivity index (χ0n) is 76.6. The Balaban J connectivity index is 0.000000158. The summed E-state index contributed by atoms with van der Waals surface area (Å²) in [5.41, 5.74) is 29.3. The first-order valence-electron chi connectivity index (χ1n) is 45.3. The van der Waals surface area contributed by atoms with Gasteiger partial charge in [0.25, 0.3) is 5.95 Å². The molecule has 0 saturated carbocycles. The second-order valence-electron chi connectivity index (χ2n) is 32.7. The summed E-state index contributed by atoms with van der Waals surface area (Å²) >= 11 is 5.21. The number of carbonyl (C=O) groups excluding carboxylic acids is 11. The van der Waals surface area contributed by atoms with Gasteiger partial charge in [-0.05, 0) is 70.4 Å². The fourth-order valence-corrected chi connectivity index (χ4v) is 17.3. The molecule has 0 aliphatic carbocycles. The maximum atomic E-state index is 13.2. The lowest BCUT2D eigenvalue weighted by molar-refractivity contribution is -0.144. The number of aliphatic imine (C=N–C) groups is 4. The van der Waals surface area contributed by atoms with Crippen LogP contribution < -0.4 is 65.5 Å². The molecule has 38 heteroatoms. The van der Waals surface area contributed by atoms with E-state index in [0.29, 0.717) is 12.2 Å². The number of nitrogens with zero attached hydrogens (tertiary/aromatic N) is 10. The molecule has 1 aromatic heterocycles. The van der Waals surface area contributed by atoms with Gasteiger partial charge in [-0.1, -0.05) is 261 Å². The van der Waals surface area contributed by atoms with Gasteiger partial charge in [0.15, 0.2) is 11.1 Å². The van der Waals surface area contributed by atoms with E-state index in [9.17, 15) is 52.7 Å². The van der Waals surface area contributed by atoms with Crippen LogP contribution in [-0.4, -0.2) is 225 Å². The average Bonchev–Trinajstić information content (AvgIpc) is 1.61. The van der Waals surface area contributed by atoms with E-state index in [0.717, 1.165) is 38.4 Å². The van der Waals surface area contributed by atoms with Gasteiger partial charge in [0, 0.05) is 70.4 Å². The average molecular weight is 1930 g/mol. The van der Waals surface area contributed by atoms with Crippen LogP contribution in [0.25, 0.3) is 24.3 Å². The summed E-state index contributed by atoms with van der Waals surface area (Å²) in [6.45, 7) is 16.1. The summed E-state index contributed by atoms with van der Waals surface area (Å²) in [6.07, 6.45) is 19.7. The minimum absolute atomic E-state index is 0.00983. The Kier molecular flexibility index (Phi) is 36.0. The molecule has 16 unspecified atom stereocenters. The van der Waals surface area contributed by atoms with Gasteiger partial charge < -0.3 is 68.5 Å². The predicted octanol–water partition coefficient (Wildman–Crippen LogP) is 7.81. The van der Waals surface area contributed by atoms with Crippen molar-refractivity contribution in [1.82, 2.24) is 66.8 Å². The first-order chi connectivity index (χ1) is 68.4. The molecule has 141 heavy (non-hydrogen) atoms. The van der Waals surface area contributed by atoms with Crippen LogP contribution in [0.3, 0.4) is 0 Å². The highest BCUT2D eigenvalue weighted by molar-refractivity contribution is 7.80. The first kappa shape index (κ1) is 102. The zero-order chi connectivity index (χ0) is 99.9. The van der Waals surface area contributed by atoms with Crippen LogP contribution in [-0.2, 0) is 63.8 Å². The lowest BCUT2D eigenvalue weighted by atomic mass is 9.89. The van der Waals surface area contributed by atoms with E-state index in [4.69, 9.17) is 54.1 Å². The topological polar surface area (TPSA) is 513 Å². The van der Waals surface area contributed by atoms with Crippen molar-refractivity contribution < 1.29 is 71.7 Å². The normalized spacial score (nSPS) is 23.9. The Labute approximate surface area is 818 Å². The van der Waals surface area contributed by atoms with Crippen LogP contribution in [0.2, 0.25) is 0 Å². The van der Waals surface area contributed by atoms with Crippen molar-refractivity contribution in [1.29, 1.82) is 0 Å². The number of guanidine groups is 4. The number of anilines is 1. The molecular weight excluding hydrogens is 1820 g/mol. The van der Waals surface area contributed by atoms with Gasteiger partial charge in [-0.15, -0.1) is 26.3 Å². The molecule has 7 aromatic carbocycles. The number of amides is 14. The number of imide groups is 4. The molecule has 16 rings (SSSR count). The molecule has 8 aliphatic rings. The summed E-state index contributed by atoms with van der Waals surface area (Å²) < 4.78 is 23.8. The molecule has 726 valence electrons. The molecule has 9 heterocycles. The lowest BCUT2D eigenvalue weighted by Gasteiger charge is -2.19. The van der Waals surface area contributed by atoms with Crippen LogP contribution in [0.5, 0.6) is 0 Å².